The van der Waals surface area contributed by atoms with Crippen molar-refractivity contribution in [2.24, 2.45) is 0 Å². The highest BCUT2D eigenvalue weighted by atomic mass is 19.4. The van der Waals surface area contributed by atoms with Crippen molar-refractivity contribution in [1.29, 1.82) is 0 Å². The van der Waals surface area contributed by atoms with E-state index in [1.807, 2.05) is 6.92 Å². The van der Waals surface area contributed by atoms with Crippen LogP contribution in [0.3, 0.4) is 0 Å². The first-order valence-electron chi connectivity index (χ1n) is 5.47. The van der Waals surface area contributed by atoms with Crippen molar-refractivity contribution in [3.63, 3.8) is 0 Å². The van der Waals surface area contributed by atoms with Gasteiger partial charge in [0.2, 0.25) is 5.91 Å². The Morgan fingerprint density at radius 1 is 1.39 bits per heavy atom. The largest absolute Gasteiger partial charge is 0.433 e. The molecule has 0 aliphatic carbocycles. The number of nitrogens with one attached hydrogen (secondary N) is 2. The fraction of sp³-hybridized carbons (Fsp3) is 0.455. The van der Waals surface area contributed by atoms with Gasteiger partial charge in [-0.15, -0.1) is 0 Å². The van der Waals surface area contributed by atoms with Crippen LogP contribution in [0.4, 0.5) is 18.9 Å². The number of halogens is 3. The van der Waals surface area contributed by atoms with Crippen LogP contribution in [-0.2, 0) is 11.0 Å². The van der Waals surface area contributed by atoms with E-state index >= 15 is 0 Å². The van der Waals surface area contributed by atoms with Gasteiger partial charge in [0.15, 0.2) is 0 Å². The van der Waals surface area contributed by atoms with Crippen molar-refractivity contribution in [3.05, 3.63) is 24.0 Å². The molecule has 0 aliphatic rings. The molecule has 1 rings (SSSR count). The van der Waals surface area contributed by atoms with Crippen LogP contribution in [0.1, 0.15) is 19.0 Å². The van der Waals surface area contributed by atoms with Crippen LogP contribution in [0.2, 0.25) is 0 Å². The lowest BCUT2D eigenvalue weighted by molar-refractivity contribution is -0.141. The summed E-state index contributed by atoms with van der Waals surface area (Å²) in [6, 6.07) is 2.01. The summed E-state index contributed by atoms with van der Waals surface area (Å²) in [5, 5.41) is 5.44. The molecule has 1 heterocycles. The third-order valence-corrected chi connectivity index (χ3v) is 2.12. The summed E-state index contributed by atoms with van der Waals surface area (Å²) in [5.74, 6) is -0.266. The van der Waals surface area contributed by atoms with Crippen molar-refractivity contribution in [2.75, 3.05) is 18.4 Å². The minimum absolute atomic E-state index is 0.254. The predicted molar refractivity (Wildman–Crippen MR) is 61.0 cm³/mol. The Labute approximate surface area is 103 Å². The average Bonchev–Trinajstić information content (AvgIpc) is 2.29. The Morgan fingerprint density at radius 3 is 2.61 bits per heavy atom. The number of amides is 1. The van der Waals surface area contributed by atoms with Gasteiger partial charge in [-0.2, -0.15) is 13.2 Å². The first kappa shape index (κ1) is 14.4. The molecular weight excluding hydrogens is 247 g/mol. The number of nitrogens with zero attached hydrogens (tertiary/aromatic N) is 1. The minimum atomic E-state index is -4.46. The molecule has 0 fully saturated rings. The van der Waals surface area contributed by atoms with Crippen molar-refractivity contribution >= 4 is 11.6 Å². The van der Waals surface area contributed by atoms with E-state index in [-0.39, 0.29) is 18.0 Å². The van der Waals surface area contributed by atoms with Gasteiger partial charge >= 0.3 is 6.18 Å². The van der Waals surface area contributed by atoms with E-state index in [2.05, 4.69) is 15.6 Å². The molecule has 0 bridgehead atoms. The lowest BCUT2D eigenvalue weighted by Gasteiger charge is -2.08. The van der Waals surface area contributed by atoms with Crippen LogP contribution < -0.4 is 10.6 Å². The van der Waals surface area contributed by atoms with Crippen LogP contribution in [0.5, 0.6) is 0 Å². The van der Waals surface area contributed by atoms with E-state index < -0.39 is 11.9 Å². The Kier molecular flexibility index (Phi) is 5.08. The lowest BCUT2D eigenvalue weighted by atomic mass is 10.3. The molecule has 0 saturated carbocycles. The molecule has 2 N–H and O–H groups in total. The summed E-state index contributed by atoms with van der Waals surface area (Å²) < 4.78 is 36.7. The Hall–Kier alpha value is -1.63. The van der Waals surface area contributed by atoms with Gasteiger partial charge in [0.05, 0.1) is 11.9 Å². The molecule has 0 spiro atoms. The maximum Gasteiger partial charge on any atom is 0.433 e. The lowest BCUT2D eigenvalue weighted by Crippen LogP contribution is -2.21. The van der Waals surface area contributed by atoms with E-state index in [4.69, 9.17) is 0 Å². The van der Waals surface area contributed by atoms with Gasteiger partial charge in [-0.05, 0) is 18.7 Å². The molecule has 1 aromatic heterocycles. The fourth-order valence-electron chi connectivity index (χ4n) is 1.24. The highest BCUT2D eigenvalue weighted by molar-refractivity contribution is 5.90. The van der Waals surface area contributed by atoms with Gasteiger partial charge in [0.25, 0.3) is 0 Å². The molecule has 0 saturated heterocycles. The molecule has 4 nitrogen and oxygen atoms in total. The number of carbonyl (C=O) groups is 1. The Bertz CT molecular complexity index is 390. The molecule has 0 atom stereocenters. The second-order valence-electron chi connectivity index (χ2n) is 3.58. The molecule has 7 heteroatoms. The standard InChI is InChI=1S/C11H14F3N3O/c1-2-15-6-5-10(18)17-8-3-4-9(16-7-8)11(12,13)14/h3-4,7,15H,2,5-6H2,1H3,(H,17,18). The summed E-state index contributed by atoms with van der Waals surface area (Å²) >= 11 is 0. The number of pyridine rings is 1. The number of anilines is 1. The maximum atomic E-state index is 12.2. The smallest absolute Gasteiger partial charge is 0.325 e. The third-order valence-electron chi connectivity index (χ3n) is 2.12. The van der Waals surface area contributed by atoms with Crippen LogP contribution in [0.15, 0.2) is 18.3 Å². The zero-order chi connectivity index (χ0) is 13.6. The molecule has 0 radical (unpaired) electrons. The molecule has 18 heavy (non-hydrogen) atoms. The van der Waals surface area contributed by atoms with Crippen molar-refractivity contribution in [3.8, 4) is 0 Å². The van der Waals surface area contributed by atoms with Gasteiger partial charge in [-0.1, -0.05) is 6.92 Å². The Balaban J connectivity index is 2.51. The molecular formula is C11H14F3N3O. The molecule has 1 amide bonds. The topological polar surface area (TPSA) is 54.0 Å². The highest BCUT2D eigenvalue weighted by Gasteiger charge is 2.32. The van der Waals surface area contributed by atoms with E-state index in [0.717, 1.165) is 18.8 Å². The van der Waals surface area contributed by atoms with Gasteiger partial charge in [0.1, 0.15) is 5.69 Å². The average molecular weight is 261 g/mol. The maximum absolute atomic E-state index is 12.2. The predicted octanol–water partition coefficient (Wildman–Crippen LogP) is 2.04. The quantitative estimate of drug-likeness (QED) is 0.797. The van der Waals surface area contributed by atoms with E-state index in [0.29, 0.717) is 6.54 Å². The van der Waals surface area contributed by atoms with Crippen LogP contribution in [0, 0.1) is 0 Å². The second-order valence-corrected chi connectivity index (χ2v) is 3.58. The number of hydrogen-bond donors (Lipinski definition) is 2. The molecule has 100 valence electrons. The van der Waals surface area contributed by atoms with Crippen molar-refractivity contribution in [1.82, 2.24) is 10.3 Å². The summed E-state index contributed by atoms with van der Waals surface area (Å²) in [4.78, 5) is 14.6. The van der Waals surface area contributed by atoms with E-state index in [9.17, 15) is 18.0 Å². The van der Waals surface area contributed by atoms with Gasteiger partial charge in [-0.25, -0.2) is 4.98 Å². The number of aromatic nitrogens is 1. The first-order chi connectivity index (χ1) is 8.43. The van der Waals surface area contributed by atoms with Crippen LogP contribution in [-0.4, -0.2) is 24.0 Å². The molecule has 0 unspecified atom stereocenters. The zero-order valence-electron chi connectivity index (χ0n) is 9.84. The molecule has 0 aliphatic heterocycles. The van der Waals surface area contributed by atoms with Gasteiger partial charge in [0, 0.05) is 13.0 Å². The third kappa shape index (κ3) is 4.70. The SMILES string of the molecule is CCNCCC(=O)Nc1ccc(C(F)(F)F)nc1. The Morgan fingerprint density at radius 2 is 2.11 bits per heavy atom. The minimum Gasteiger partial charge on any atom is -0.325 e. The van der Waals surface area contributed by atoms with Gasteiger partial charge < -0.3 is 10.6 Å². The monoisotopic (exact) mass is 261 g/mol. The number of carbonyl (C=O) groups excluding carboxylic acids is 1. The molecule has 1 aromatic rings. The van der Waals surface area contributed by atoms with Crippen molar-refractivity contribution < 1.29 is 18.0 Å². The summed E-state index contributed by atoms with van der Waals surface area (Å²) in [7, 11) is 0. The van der Waals surface area contributed by atoms with Crippen LogP contribution >= 0.6 is 0 Å². The summed E-state index contributed by atoms with van der Waals surface area (Å²) in [6.45, 7) is 3.20. The van der Waals surface area contributed by atoms with Crippen molar-refractivity contribution in [2.45, 2.75) is 19.5 Å². The number of alkyl halides is 3. The zero-order valence-corrected chi connectivity index (χ0v) is 9.84. The number of rotatable bonds is 5. The highest BCUT2D eigenvalue weighted by Crippen LogP contribution is 2.27. The first-order valence-corrected chi connectivity index (χ1v) is 5.47. The van der Waals surface area contributed by atoms with Gasteiger partial charge in [-0.3, -0.25) is 4.79 Å². The second kappa shape index (κ2) is 6.34. The number of hydrogen-bond acceptors (Lipinski definition) is 3. The van der Waals surface area contributed by atoms with E-state index in [1.165, 1.54) is 6.07 Å². The van der Waals surface area contributed by atoms with E-state index in [1.54, 1.807) is 0 Å². The molecule has 0 aromatic carbocycles. The van der Waals surface area contributed by atoms with Crippen LogP contribution in [0.25, 0.3) is 0 Å². The normalized spacial score (nSPS) is 11.3. The summed E-state index contributed by atoms with van der Waals surface area (Å²) in [5.41, 5.74) is -0.724. The fourth-order valence-corrected chi connectivity index (χ4v) is 1.24. The summed E-state index contributed by atoms with van der Waals surface area (Å²) in [6.07, 6.45) is -3.21.